The van der Waals surface area contributed by atoms with Crippen LogP contribution < -0.4 is 16.6 Å². The van der Waals surface area contributed by atoms with E-state index in [9.17, 15) is 13.6 Å². The topological polar surface area (TPSA) is 80.0 Å². The predicted octanol–water partition coefficient (Wildman–Crippen LogP) is 1.88. The van der Waals surface area contributed by atoms with E-state index in [1.807, 2.05) is 0 Å². The lowest BCUT2D eigenvalue weighted by atomic mass is 10.2. The number of halogens is 2. The highest BCUT2D eigenvalue weighted by Gasteiger charge is 2.10. The van der Waals surface area contributed by atoms with Crippen LogP contribution in [0.15, 0.2) is 30.3 Å². The fourth-order valence-corrected chi connectivity index (χ4v) is 1.83. The quantitative estimate of drug-likeness (QED) is 0.594. The third-order valence-corrected chi connectivity index (χ3v) is 2.81. The van der Waals surface area contributed by atoms with Crippen molar-refractivity contribution in [1.82, 2.24) is 10.3 Å². The minimum atomic E-state index is -0.577. The summed E-state index contributed by atoms with van der Waals surface area (Å²) < 4.78 is 26.5. The van der Waals surface area contributed by atoms with Gasteiger partial charge in [-0.2, -0.15) is 0 Å². The average Bonchev–Trinajstić information content (AvgIpc) is 2.47. The summed E-state index contributed by atoms with van der Waals surface area (Å²) in [6.45, 7) is 1.60. The molecule has 0 aliphatic carbocycles. The number of hydrazine groups is 1. The SMILES string of the molecule is Cc1cc(C(=O)NCc2cc(F)ccc2F)cc(NN)n1. The number of hydrogen-bond acceptors (Lipinski definition) is 4. The van der Waals surface area contributed by atoms with Gasteiger partial charge in [-0.15, -0.1) is 0 Å². The number of nitrogen functional groups attached to an aromatic ring is 1. The van der Waals surface area contributed by atoms with E-state index in [2.05, 4.69) is 15.7 Å². The lowest BCUT2D eigenvalue weighted by Gasteiger charge is -2.08. The second-order valence-electron chi connectivity index (χ2n) is 4.45. The summed E-state index contributed by atoms with van der Waals surface area (Å²) in [5, 5.41) is 2.52. The number of rotatable bonds is 4. The number of nitrogens with one attached hydrogen (secondary N) is 2. The van der Waals surface area contributed by atoms with Crippen LogP contribution in [0.1, 0.15) is 21.6 Å². The molecule has 21 heavy (non-hydrogen) atoms. The Morgan fingerprint density at radius 2 is 2.05 bits per heavy atom. The molecule has 1 amide bonds. The smallest absolute Gasteiger partial charge is 0.251 e. The van der Waals surface area contributed by atoms with Crippen LogP contribution >= 0.6 is 0 Å². The Kier molecular flexibility index (Phi) is 4.44. The highest BCUT2D eigenvalue weighted by atomic mass is 19.1. The number of aryl methyl sites for hydroxylation is 1. The molecule has 2 aromatic rings. The summed E-state index contributed by atoms with van der Waals surface area (Å²) in [6.07, 6.45) is 0. The van der Waals surface area contributed by atoms with E-state index < -0.39 is 17.5 Å². The van der Waals surface area contributed by atoms with Gasteiger partial charge in [0.1, 0.15) is 17.5 Å². The first-order chi connectivity index (χ1) is 9.99. The zero-order valence-corrected chi connectivity index (χ0v) is 11.3. The highest BCUT2D eigenvalue weighted by molar-refractivity contribution is 5.94. The largest absolute Gasteiger partial charge is 0.348 e. The van der Waals surface area contributed by atoms with Crippen LogP contribution in [0.5, 0.6) is 0 Å². The molecule has 4 N–H and O–H groups in total. The van der Waals surface area contributed by atoms with Crippen LogP contribution in [-0.2, 0) is 6.54 Å². The van der Waals surface area contributed by atoms with Gasteiger partial charge in [0.05, 0.1) is 0 Å². The molecule has 5 nitrogen and oxygen atoms in total. The zero-order valence-electron chi connectivity index (χ0n) is 11.3. The van der Waals surface area contributed by atoms with Crippen LogP contribution in [-0.4, -0.2) is 10.9 Å². The van der Waals surface area contributed by atoms with E-state index >= 15 is 0 Å². The lowest BCUT2D eigenvalue weighted by molar-refractivity contribution is 0.0950. The van der Waals surface area contributed by atoms with E-state index in [1.54, 1.807) is 13.0 Å². The average molecular weight is 292 g/mol. The number of nitrogens with two attached hydrogens (primary N) is 1. The molecule has 2 rings (SSSR count). The Labute approximate surface area is 120 Å². The Balaban J connectivity index is 2.11. The summed E-state index contributed by atoms with van der Waals surface area (Å²) in [5.41, 5.74) is 3.36. The summed E-state index contributed by atoms with van der Waals surface area (Å²) in [6, 6.07) is 6.11. The molecule has 110 valence electrons. The molecular formula is C14H14F2N4O. The van der Waals surface area contributed by atoms with Crippen molar-refractivity contribution in [3.8, 4) is 0 Å². The van der Waals surface area contributed by atoms with Crippen molar-refractivity contribution in [1.29, 1.82) is 0 Å². The molecule has 1 aromatic heterocycles. The van der Waals surface area contributed by atoms with Gasteiger partial charge >= 0.3 is 0 Å². The Morgan fingerprint density at radius 1 is 1.29 bits per heavy atom. The summed E-state index contributed by atoms with van der Waals surface area (Å²) in [5.74, 6) is 4.03. The maximum atomic E-state index is 13.5. The first kappa shape index (κ1) is 14.9. The lowest BCUT2D eigenvalue weighted by Crippen LogP contribution is -2.24. The van der Waals surface area contributed by atoms with Gasteiger partial charge in [-0.05, 0) is 37.3 Å². The van der Waals surface area contributed by atoms with Gasteiger partial charge in [-0.1, -0.05) is 0 Å². The molecule has 7 heteroatoms. The second kappa shape index (κ2) is 6.27. The van der Waals surface area contributed by atoms with Crippen molar-refractivity contribution in [3.63, 3.8) is 0 Å². The molecule has 1 aromatic carbocycles. The Bertz CT molecular complexity index is 676. The fraction of sp³-hybridized carbons (Fsp3) is 0.143. The molecule has 0 aliphatic rings. The molecule has 0 fully saturated rings. The number of carbonyl (C=O) groups excluding carboxylic acids is 1. The number of aromatic nitrogens is 1. The minimum absolute atomic E-state index is 0.0753. The maximum Gasteiger partial charge on any atom is 0.251 e. The third-order valence-electron chi connectivity index (χ3n) is 2.81. The maximum absolute atomic E-state index is 13.5. The number of amides is 1. The van der Waals surface area contributed by atoms with Gasteiger partial charge in [-0.3, -0.25) is 4.79 Å². The van der Waals surface area contributed by atoms with Gasteiger partial charge in [0.15, 0.2) is 0 Å². The number of nitrogens with zero attached hydrogens (tertiary/aromatic N) is 1. The molecule has 0 spiro atoms. The van der Waals surface area contributed by atoms with E-state index in [4.69, 9.17) is 5.84 Å². The second-order valence-corrected chi connectivity index (χ2v) is 4.45. The molecule has 0 radical (unpaired) electrons. The summed E-state index contributed by atoms with van der Waals surface area (Å²) >= 11 is 0. The van der Waals surface area contributed by atoms with Crippen molar-refractivity contribution in [2.75, 3.05) is 5.43 Å². The monoisotopic (exact) mass is 292 g/mol. The van der Waals surface area contributed by atoms with Crippen LogP contribution in [0.2, 0.25) is 0 Å². The molecule has 0 saturated carbocycles. The molecule has 1 heterocycles. The molecule has 0 unspecified atom stereocenters. The number of pyridine rings is 1. The van der Waals surface area contributed by atoms with E-state index in [-0.39, 0.29) is 12.1 Å². The van der Waals surface area contributed by atoms with Gasteiger partial charge in [0, 0.05) is 23.4 Å². The van der Waals surface area contributed by atoms with Crippen LogP contribution in [0.3, 0.4) is 0 Å². The van der Waals surface area contributed by atoms with Gasteiger partial charge < -0.3 is 10.7 Å². The van der Waals surface area contributed by atoms with Crippen LogP contribution in [0.25, 0.3) is 0 Å². The number of benzene rings is 1. The van der Waals surface area contributed by atoms with Crippen LogP contribution in [0, 0.1) is 18.6 Å². The molecule has 0 atom stereocenters. The van der Waals surface area contributed by atoms with Gasteiger partial charge in [0.2, 0.25) is 0 Å². The standard InChI is InChI=1S/C14H14F2N4O/c1-8-4-9(6-13(19-8)20-17)14(21)18-7-10-5-11(15)2-3-12(10)16/h2-6H,7,17H2,1H3,(H,18,21)(H,19,20). The minimum Gasteiger partial charge on any atom is -0.348 e. The van der Waals surface area contributed by atoms with Gasteiger partial charge in [-0.25, -0.2) is 19.6 Å². The fourth-order valence-electron chi connectivity index (χ4n) is 1.83. The van der Waals surface area contributed by atoms with Crippen molar-refractivity contribution in [2.24, 2.45) is 5.84 Å². The molecule has 0 bridgehead atoms. The Morgan fingerprint density at radius 3 is 2.76 bits per heavy atom. The first-order valence-electron chi connectivity index (χ1n) is 6.17. The van der Waals surface area contributed by atoms with Crippen molar-refractivity contribution in [2.45, 2.75) is 13.5 Å². The molecule has 0 saturated heterocycles. The van der Waals surface area contributed by atoms with E-state index in [0.29, 0.717) is 17.1 Å². The van der Waals surface area contributed by atoms with E-state index in [0.717, 1.165) is 18.2 Å². The normalized spacial score (nSPS) is 10.3. The summed E-state index contributed by atoms with van der Waals surface area (Å²) in [4.78, 5) is 16.1. The van der Waals surface area contributed by atoms with Crippen LogP contribution in [0.4, 0.5) is 14.6 Å². The third kappa shape index (κ3) is 3.73. The van der Waals surface area contributed by atoms with Crippen molar-refractivity contribution in [3.05, 3.63) is 58.8 Å². The zero-order chi connectivity index (χ0) is 15.4. The molecule has 0 aliphatic heterocycles. The van der Waals surface area contributed by atoms with E-state index in [1.165, 1.54) is 6.07 Å². The van der Waals surface area contributed by atoms with Crippen molar-refractivity contribution >= 4 is 11.7 Å². The molecular weight excluding hydrogens is 278 g/mol. The highest BCUT2D eigenvalue weighted by Crippen LogP contribution is 2.11. The van der Waals surface area contributed by atoms with Gasteiger partial charge in [0.25, 0.3) is 5.91 Å². The Hall–Kier alpha value is -2.54. The van der Waals surface area contributed by atoms with Crippen molar-refractivity contribution < 1.29 is 13.6 Å². The first-order valence-corrected chi connectivity index (χ1v) is 6.17. The summed E-state index contributed by atoms with van der Waals surface area (Å²) in [7, 11) is 0. The number of anilines is 1. The number of carbonyl (C=O) groups is 1. The number of hydrogen-bond donors (Lipinski definition) is 3. The predicted molar refractivity (Wildman–Crippen MR) is 74.3 cm³/mol.